The number of halogens is 3. The van der Waals surface area contributed by atoms with E-state index in [0.29, 0.717) is 19.6 Å². The molecule has 0 bridgehead atoms. The molecule has 1 aliphatic heterocycles. The van der Waals surface area contributed by atoms with Crippen molar-refractivity contribution in [3.63, 3.8) is 0 Å². The Balaban J connectivity index is 1.64. The van der Waals surface area contributed by atoms with Crippen LogP contribution in [0.3, 0.4) is 0 Å². The Morgan fingerprint density at radius 2 is 2.10 bits per heavy atom. The minimum Gasteiger partial charge on any atom is -0.363 e. The molecule has 6 nitrogen and oxygen atoms in total. The van der Waals surface area contributed by atoms with Crippen molar-refractivity contribution in [2.24, 2.45) is 5.73 Å². The average molecular weight is 405 g/mol. The molecule has 1 saturated heterocycles. The topological polar surface area (TPSA) is 80.1 Å². The maximum atomic E-state index is 13.1. The standard InChI is InChI=1S/C20H22F3N5O/c1-12-9-28(11-19(29-12)20(21,22)23)10-13-2-3-16-17(14-7-25-26-8-14)5-15(6-24)27-18(16)4-13/h2-5,7-8,12,19H,6,9-11,24H2,1H3,(H,25,26). The number of pyridine rings is 1. The lowest BCUT2D eigenvalue weighted by Gasteiger charge is -2.37. The number of morpholine rings is 1. The lowest BCUT2D eigenvalue weighted by Crippen LogP contribution is -2.51. The van der Waals surface area contributed by atoms with Crippen molar-refractivity contribution in [1.82, 2.24) is 20.1 Å². The third-order valence-electron chi connectivity index (χ3n) is 5.05. The quantitative estimate of drug-likeness (QED) is 0.697. The number of aromatic nitrogens is 3. The molecule has 29 heavy (non-hydrogen) atoms. The third kappa shape index (κ3) is 4.26. The summed E-state index contributed by atoms with van der Waals surface area (Å²) in [7, 11) is 0. The van der Waals surface area contributed by atoms with Gasteiger partial charge in [-0.15, -0.1) is 0 Å². The maximum Gasteiger partial charge on any atom is 0.415 e. The van der Waals surface area contributed by atoms with Crippen LogP contribution in [-0.2, 0) is 17.8 Å². The monoisotopic (exact) mass is 405 g/mol. The molecule has 0 spiro atoms. The summed E-state index contributed by atoms with van der Waals surface area (Å²) in [6.45, 7) is 2.62. The van der Waals surface area contributed by atoms with E-state index in [1.165, 1.54) is 0 Å². The predicted octanol–water partition coefficient (Wildman–Crippen LogP) is 3.24. The van der Waals surface area contributed by atoms with Crippen molar-refractivity contribution >= 4 is 10.9 Å². The van der Waals surface area contributed by atoms with Crippen LogP contribution in [0.5, 0.6) is 0 Å². The van der Waals surface area contributed by atoms with E-state index in [4.69, 9.17) is 10.5 Å². The van der Waals surface area contributed by atoms with E-state index in [0.717, 1.165) is 33.3 Å². The van der Waals surface area contributed by atoms with E-state index in [2.05, 4.69) is 15.2 Å². The fourth-order valence-electron chi connectivity index (χ4n) is 3.78. The first-order valence-corrected chi connectivity index (χ1v) is 9.40. The number of hydrogen-bond donors (Lipinski definition) is 2. The second-order valence-electron chi connectivity index (χ2n) is 7.37. The molecule has 0 radical (unpaired) electrons. The number of nitrogens with zero attached hydrogens (tertiary/aromatic N) is 3. The molecule has 2 unspecified atom stereocenters. The molecule has 0 aliphatic carbocycles. The van der Waals surface area contributed by atoms with E-state index < -0.39 is 18.4 Å². The number of nitrogens with one attached hydrogen (secondary N) is 1. The molecule has 3 N–H and O–H groups in total. The zero-order chi connectivity index (χ0) is 20.6. The van der Waals surface area contributed by atoms with Crippen LogP contribution in [0.25, 0.3) is 22.0 Å². The van der Waals surface area contributed by atoms with Crippen LogP contribution in [0.4, 0.5) is 13.2 Å². The van der Waals surface area contributed by atoms with Gasteiger partial charge in [-0.25, -0.2) is 0 Å². The van der Waals surface area contributed by atoms with Crippen LogP contribution in [0.15, 0.2) is 36.7 Å². The van der Waals surface area contributed by atoms with Crippen molar-refractivity contribution in [3.8, 4) is 11.1 Å². The van der Waals surface area contributed by atoms with Gasteiger partial charge in [0.25, 0.3) is 0 Å². The minimum atomic E-state index is -4.37. The zero-order valence-corrected chi connectivity index (χ0v) is 15.9. The second-order valence-corrected chi connectivity index (χ2v) is 7.37. The highest BCUT2D eigenvalue weighted by Gasteiger charge is 2.44. The Bertz CT molecular complexity index is 990. The van der Waals surface area contributed by atoms with Gasteiger partial charge < -0.3 is 10.5 Å². The predicted molar refractivity (Wildman–Crippen MR) is 103 cm³/mol. The van der Waals surface area contributed by atoms with E-state index in [-0.39, 0.29) is 6.54 Å². The summed E-state index contributed by atoms with van der Waals surface area (Å²) in [5.41, 5.74) is 10.1. The van der Waals surface area contributed by atoms with E-state index in [9.17, 15) is 13.2 Å². The minimum absolute atomic E-state index is 0.178. The summed E-state index contributed by atoms with van der Waals surface area (Å²) in [4.78, 5) is 6.38. The first-order valence-electron chi connectivity index (χ1n) is 9.40. The number of benzene rings is 1. The molecular formula is C20H22F3N5O. The Morgan fingerprint density at radius 1 is 1.28 bits per heavy atom. The molecule has 154 valence electrons. The number of aromatic amines is 1. The molecule has 3 heterocycles. The summed E-state index contributed by atoms with van der Waals surface area (Å²) in [5, 5.41) is 7.75. The normalized spacial score (nSPS) is 21.0. The summed E-state index contributed by atoms with van der Waals surface area (Å²) in [6.07, 6.45) is -3.08. The van der Waals surface area contributed by atoms with Gasteiger partial charge in [-0.2, -0.15) is 18.3 Å². The van der Waals surface area contributed by atoms with Crippen molar-refractivity contribution in [3.05, 3.63) is 47.9 Å². The van der Waals surface area contributed by atoms with E-state index >= 15 is 0 Å². The molecule has 1 fully saturated rings. The zero-order valence-electron chi connectivity index (χ0n) is 15.9. The Hall–Kier alpha value is -2.49. The van der Waals surface area contributed by atoms with Gasteiger partial charge in [0.2, 0.25) is 0 Å². The maximum absolute atomic E-state index is 13.1. The lowest BCUT2D eigenvalue weighted by molar-refractivity contribution is -0.252. The number of alkyl halides is 3. The van der Waals surface area contributed by atoms with E-state index in [1.807, 2.05) is 24.3 Å². The van der Waals surface area contributed by atoms with Crippen molar-refractivity contribution in [1.29, 1.82) is 0 Å². The fraction of sp³-hybridized carbons (Fsp3) is 0.400. The van der Waals surface area contributed by atoms with Gasteiger partial charge in [0.15, 0.2) is 6.10 Å². The summed E-state index contributed by atoms with van der Waals surface area (Å²) >= 11 is 0. The molecule has 1 aliphatic rings. The largest absolute Gasteiger partial charge is 0.415 e. The number of hydrogen-bond acceptors (Lipinski definition) is 5. The van der Waals surface area contributed by atoms with Gasteiger partial charge in [0.05, 0.1) is 23.5 Å². The number of fused-ring (bicyclic) bond motifs is 1. The van der Waals surface area contributed by atoms with E-state index in [1.54, 1.807) is 24.2 Å². The molecule has 9 heteroatoms. The molecule has 0 amide bonds. The van der Waals surface area contributed by atoms with Gasteiger partial charge in [-0.3, -0.25) is 15.0 Å². The summed E-state index contributed by atoms with van der Waals surface area (Å²) in [5.74, 6) is 0. The highest BCUT2D eigenvalue weighted by atomic mass is 19.4. The van der Waals surface area contributed by atoms with Gasteiger partial charge in [0, 0.05) is 43.3 Å². The average Bonchev–Trinajstić information content (AvgIpc) is 3.20. The van der Waals surface area contributed by atoms with Crippen LogP contribution in [0.1, 0.15) is 18.2 Å². The highest BCUT2D eigenvalue weighted by Crippen LogP contribution is 2.31. The number of rotatable bonds is 4. The molecule has 0 saturated carbocycles. The van der Waals surface area contributed by atoms with Gasteiger partial charge in [-0.1, -0.05) is 12.1 Å². The lowest BCUT2D eigenvalue weighted by atomic mass is 10.0. The first-order chi connectivity index (χ1) is 13.8. The Labute approximate surface area is 165 Å². The number of ether oxygens (including phenoxy) is 1. The number of H-pyrrole nitrogens is 1. The molecule has 2 atom stereocenters. The second kappa shape index (κ2) is 7.74. The molecular weight excluding hydrogens is 383 g/mol. The highest BCUT2D eigenvalue weighted by molar-refractivity contribution is 5.94. The number of nitrogens with two attached hydrogens (primary N) is 1. The van der Waals surface area contributed by atoms with Gasteiger partial charge >= 0.3 is 6.18 Å². The fourth-order valence-corrected chi connectivity index (χ4v) is 3.78. The van der Waals surface area contributed by atoms with Gasteiger partial charge in [-0.05, 0) is 30.2 Å². The SMILES string of the molecule is CC1CN(Cc2ccc3c(-c4cn[nH]c4)cc(CN)nc3c2)CC(C(F)(F)F)O1. The first kappa shape index (κ1) is 19.8. The molecule has 2 aromatic heterocycles. The van der Waals surface area contributed by atoms with Crippen molar-refractivity contribution in [2.75, 3.05) is 13.1 Å². The van der Waals surface area contributed by atoms with Crippen molar-refractivity contribution < 1.29 is 17.9 Å². The van der Waals surface area contributed by atoms with Crippen molar-refractivity contribution in [2.45, 2.75) is 38.4 Å². The van der Waals surface area contributed by atoms with Crippen LogP contribution in [0, 0.1) is 0 Å². The Kier molecular flexibility index (Phi) is 5.28. The summed E-state index contributed by atoms with van der Waals surface area (Å²) < 4.78 is 44.4. The van der Waals surface area contributed by atoms with Crippen LogP contribution < -0.4 is 5.73 Å². The molecule has 4 rings (SSSR count). The van der Waals surface area contributed by atoms with Crippen LogP contribution >= 0.6 is 0 Å². The molecule has 1 aromatic carbocycles. The van der Waals surface area contributed by atoms with Crippen LogP contribution in [-0.4, -0.2) is 51.6 Å². The third-order valence-corrected chi connectivity index (χ3v) is 5.05. The van der Waals surface area contributed by atoms with Gasteiger partial charge in [0.1, 0.15) is 0 Å². The Morgan fingerprint density at radius 3 is 2.79 bits per heavy atom. The summed E-state index contributed by atoms with van der Waals surface area (Å²) in [6, 6.07) is 7.73. The molecule has 3 aromatic rings. The smallest absolute Gasteiger partial charge is 0.363 e. The van der Waals surface area contributed by atoms with Crippen LogP contribution in [0.2, 0.25) is 0 Å².